The summed E-state index contributed by atoms with van der Waals surface area (Å²) in [5.74, 6) is 1.56. The van der Waals surface area contributed by atoms with E-state index in [0.717, 1.165) is 22.6 Å². The number of rotatable bonds is 7. The lowest BCUT2D eigenvalue weighted by atomic mass is 10.1. The van der Waals surface area contributed by atoms with Gasteiger partial charge in [0.1, 0.15) is 11.5 Å². The molecule has 124 valence electrons. The molecule has 0 aliphatic heterocycles. The third-order valence-electron chi connectivity index (χ3n) is 3.28. The summed E-state index contributed by atoms with van der Waals surface area (Å²) < 4.78 is 5.93. The van der Waals surface area contributed by atoms with Crippen molar-refractivity contribution in [3.05, 3.63) is 59.7 Å². The minimum atomic E-state index is 0. The van der Waals surface area contributed by atoms with E-state index in [4.69, 9.17) is 10.5 Å². The number of aryl methyl sites for hydroxylation is 1. The predicted molar refractivity (Wildman–Crippen MR) is 95.1 cm³/mol. The molecule has 0 aliphatic rings. The molecule has 0 saturated heterocycles. The number of ether oxygens (including phenoxy) is 1. The summed E-state index contributed by atoms with van der Waals surface area (Å²) in [5.41, 5.74) is 7.48. The van der Waals surface area contributed by atoms with E-state index in [1.165, 1.54) is 0 Å². The molecule has 1 amide bonds. The van der Waals surface area contributed by atoms with Crippen molar-refractivity contribution in [1.29, 1.82) is 0 Å². The Morgan fingerprint density at radius 3 is 2.61 bits per heavy atom. The fourth-order valence-electron chi connectivity index (χ4n) is 2.06. The van der Waals surface area contributed by atoms with Gasteiger partial charge in [-0.3, -0.25) is 4.79 Å². The number of para-hydroxylation sites is 1. The van der Waals surface area contributed by atoms with Crippen LogP contribution < -0.4 is 15.8 Å². The number of hydrogen-bond donors (Lipinski definition) is 2. The Labute approximate surface area is 143 Å². The lowest BCUT2D eigenvalue weighted by Gasteiger charge is -2.13. The molecule has 2 aromatic carbocycles. The molecule has 2 aromatic rings. The van der Waals surface area contributed by atoms with Crippen LogP contribution in [0.4, 0.5) is 0 Å². The Morgan fingerprint density at radius 2 is 1.91 bits per heavy atom. The lowest BCUT2D eigenvalue weighted by Crippen LogP contribution is -2.23. The molecular weight excluding hydrogens is 312 g/mol. The normalized spacial score (nSPS) is 9.83. The van der Waals surface area contributed by atoms with E-state index in [9.17, 15) is 4.79 Å². The fraction of sp³-hybridized carbons (Fsp3) is 0.278. The van der Waals surface area contributed by atoms with E-state index in [0.29, 0.717) is 25.9 Å². The first-order valence-electron chi connectivity index (χ1n) is 7.48. The van der Waals surface area contributed by atoms with Gasteiger partial charge in [-0.25, -0.2) is 0 Å². The van der Waals surface area contributed by atoms with Crippen molar-refractivity contribution in [3.8, 4) is 11.5 Å². The number of carbonyl (C=O) groups excluding carboxylic acids is 1. The molecule has 23 heavy (non-hydrogen) atoms. The summed E-state index contributed by atoms with van der Waals surface area (Å²) in [5, 5.41) is 2.90. The summed E-state index contributed by atoms with van der Waals surface area (Å²) in [6.45, 7) is 2.99. The minimum Gasteiger partial charge on any atom is -0.457 e. The van der Waals surface area contributed by atoms with Crippen LogP contribution in [-0.2, 0) is 11.3 Å². The van der Waals surface area contributed by atoms with Crippen molar-refractivity contribution < 1.29 is 9.53 Å². The highest BCUT2D eigenvalue weighted by atomic mass is 35.5. The van der Waals surface area contributed by atoms with E-state index in [-0.39, 0.29) is 18.3 Å². The highest BCUT2D eigenvalue weighted by Gasteiger charge is 2.07. The van der Waals surface area contributed by atoms with Crippen LogP contribution in [0.3, 0.4) is 0 Å². The van der Waals surface area contributed by atoms with Crippen LogP contribution in [0.25, 0.3) is 0 Å². The average molecular weight is 335 g/mol. The number of hydrogen-bond acceptors (Lipinski definition) is 3. The Bertz CT molecular complexity index is 618. The van der Waals surface area contributed by atoms with Gasteiger partial charge in [-0.15, -0.1) is 12.4 Å². The molecule has 2 rings (SSSR count). The fourth-order valence-corrected chi connectivity index (χ4v) is 2.06. The Morgan fingerprint density at radius 1 is 1.17 bits per heavy atom. The number of nitrogens with one attached hydrogen (secondary N) is 1. The number of amides is 1. The second-order valence-electron chi connectivity index (χ2n) is 5.20. The van der Waals surface area contributed by atoms with Crippen molar-refractivity contribution in [1.82, 2.24) is 5.32 Å². The zero-order chi connectivity index (χ0) is 15.8. The number of halogens is 1. The van der Waals surface area contributed by atoms with Crippen LogP contribution in [0, 0.1) is 6.92 Å². The highest BCUT2D eigenvalue weighted by molar-refractivity contribution is 5.85. The molecule has 0 radical (unpaired) electrons. The van der Waals surface area contributed by atoms with Crippen LogP contribution in [-0.4, -0.2) is 12.5 Å². The summed E-state index contributed by atoms with van der Waals surface area (Å²) in [6, 6.07) is 15.6. The summed E-state index contributed by atoms with van der Waals surface area (Å²) in [7, 11) is 0. The summed E-state index contributed by atoms with van der Waals surface area (Å²) >= 11 is 0. The minimum absolute atomic E-state index is 0. The standard InChI is InChI=1S/C18H22N2O2.ClH/c1-14-9-10-15(13-20-18(21)8-5-11-19)17(12-14)22-16-6-3-2-4-7-16;/h2-4,6-7,9-10,12H,5,8,11,13,19H2,1H3,(H,20,21);1H. The van der Waals surface area contributed by atoms with Gasteiger partial charge in [0.25, 0.3) is 0 Å². The first-order chi connectivity index (χ1) is 10.7. The van der Waals surface area contributed by atoms with E-state index in [2.05, 4.69) is 5.32 Å². The van der Waals surface area contributed by atoms with Gasteiger partial charge >= 0.3 is 0 Å². The Balaban J connectivity index is 0.00000264. The van der Waals surface area contributed by atoms with Gasteiger partial charge in [-0.2, -0.15) is 0 Å². The molecule has 0 bridgehead atoms. The van der Waals surface area contributed by atoms with Crippen molar-refractivity contribution in [3.63, 3.8) is 0 Å². The van der Waals surface area contributed by atoms with Gasteiger partial charge in [0, 0.05) is 18.5 Å². The average Bonchev–Trinajstić information content (AvgIpc) is 2.53. The molecule has 0 spiro atoms. The Kier molecular flexibility index (Phi) is 8.16. The van der Waals surface area contributed by atoms with Crippen molar-refractivity contribution in [2.24, 2.45) is 5.73 Å². The number of nitrogens with two attached hydrogens (primary N) is 1. The molecule has 0 heterocycles. The first-order valence-corrected chi connectivity index (χ1v) is 7.48. The van der Waals surface area contributed by atoms with E-state index >= 15 is 0 Å². The third-order valence-corrected chi connectivity index (χ3v) is 3.28. The van der Waals surface area contributed by atoms with Gasteiger partial charge in [0.15, 0.2) is 0 Å². The van der Waals surface area contributed by atoms with Crippen LogP contribution in [0.15, 0.2) is 48.5 Å². The van der Waals surface area contributed by atoms with Gasteiger partial charge in [-0.05, 0) is 43.7 Å². The van der Waals surface area contributed by atoms with Crippen molar-refractivity contribution in [2.75, 3.05) is 6.54 Å². The van der Waals surface area contributed by atoms with Crippen LogP contribution in [0.1, 0.15) is 24.0 Å². The largest absolute Gasteiger partial charge is 0.457 e. The quantitative estimate of drug-likeness (QED) is 0.813. The van der Waals surface area contributed by atoms with E-state index < -0.39 is 0 Å². The van der Waals surface area contributed by atoms with Crippen LogP contribution in [0.2, 0.25) is 0 Å². The smallest absolute Gasteiger partial charge is 0.220 e. The lowest BCUT2D eigenvalue weighted by molar-refractivity contribution is -0.121. The summed E-state index contributed by atoms with van der Waals surface area (Å²) in [4.78, 5) is 11.7. The zero-order valence-corrected chi connectivity index (χ0v) is 14.1. The van der Waals surface area contributed by atoms with Gasteiger partial charge in [0.2, 0.25) is 5.91 Å². The maximum Gasteiger partial charge on any atom is 0.220 e. The van der Waals surface area contributed by atoms with Gasteiger partial charge < -0.3 is 15.8 Å². The molecule has 0 saturated carbocycles. The predicted octanol–water partition coefficient (Wildman–Crippen LogP) is 3.56. The maximum atomic E-state index is 11.7. The third kappa shape index (κ3) is 6.30. The second kappa shape index (κ2) is 9.87. The monoisotopic (exact) mass is 334 g/mol. The molecule has 5 heteroatoms. The van der Waals surface area contributed by atoms with Crippen LogP contribution in [0.5, 0.6) is 11.5 Å². The topological polar surface area (TPSA) is 64.4 Å². The van der Waals surface area contributed by atoms with Gasteiger partial charge in [0.05, 0.1) is 0 Å². The van der Waals surface area contributed by atoms with Crippen molar-refractivity contribution in [2.45, 2.75) is 26.3 Å². The molecule has 4 nitrogen and oxygen atoms in total. The summed E-state index contributed by atoms with van der Waals surface area (Å²) in [6.07, 6.45) is 1.16. The molecule has 0 aliphatic carbocycles. The van der Waals surface area contributed by atoms with E-state index in [1.54, 1.807) is 0 Å². The molecule has 0 aromatic heterocycles. The molecular formula is C18H23ClN2O2. The first kappa shape index (κ1) is 19.0. The molecule has 0 fully saturated rings. The van der Waals surface area contributed by atoms with E-state index in [1.807, 2.05) is 55.5 Å². The number of carbonyl (C=O) groups is 1. The van der Waals surface area contributed by atoms with Crippen LogP contribution >= 0.6 is 12.4 Å². The highest BCUT2D eigenvalue weighted by Crippen LogP contribution is 2.26. The SMILES string of the molecule is Cc1ccc(CNC(=O)CCCN)c(Oc2ccccc2)c1.Cl. The van der Waals surface area contributed by atoms with Crippen molar-refractivity contribution >= 4 is 18.3 Å². The zero-order valence-electron chi connectivity index (χ0n) is 13.2. The number of benzene rings is 2. The molecule has 0 unspecified atom stereocenters. The maximum absolute atomic E-state index is 11.7. The second-order valence-corrected chi connectivity index (χ2v) is 5.20. The molecule has 0 atom stereocenters. The Hall–Kier alpha value is -2.04. The van der Waals surface area contributed by atoms with Gasteiger partial charge in [-0.1, -0.05) is 30.3 Å². The molecule has 3 N–H and O–H groups in total.